The van der Waals surface area contributed by atoms with Gasteiger partial charge in [-0.25, -0.2) is 4.98 Å². The highest BCUT2D eigenvalue weighted by atomic mass is 16.5. The van der Waals surface area contributed by atoms with E-state index in [-0.39, 0.29) is 5.56 Å². The van der Waals surface area contributed by atoms with Crippen molar-refractivity contribution in [2.24, 2.45) is 0 Å². The van der Waals surface area contributed by atoms with Crippen LogP contribution >= 0.6 is 0 Å². The summed E-state index contributed by atoms with van der Waals surface area (Å²) in [5.41, 5.74) is 1.97. The van der Waals surface area contributed by atoms with Crippen LogP contribution in [0, 0.1) is 0 Å². The maximum atomic E-state index is 12.1. The molecule has 0 aromatic carbocycles. The zero-order valence-corrected chi connectivity index (χ0v) is 14.9. The third-order valence-electron chi connectivity index (χ3n) is 5.18. The zero-order valence-electron chi connectivity index (χ0n) is 14.9. The third kappa shape index (κ3) is 4.11. The molecule has 0 unspecified atom stereocenters. The highest BCUT2D eigenvalue weighted by molar-refractivity contribution is 5.31. The Kier molecular flexibility index (Phi) is 5.26. The molecule has 2 aliphatic rings. The van der Waals surface area contributed by atoms with Crippen molar-refractivity contribution in [3.05, 3.63) is 52.2 Å². The third-order valence-corrected chi connectivity index (χ3v) is 5.18. The molecule has 0 aliphatic carbocycles. The van der Waals surface area contributed by atoms with Gasteiger partial charge in [0.1, 0.15) is 0 Å². The maximum absolute atomic E-state index is 12.1. The fraction of sp³-hybridized carbons (Fsp3) is 0.526. The Morgan fingerprint density at radius 1 is 1.15 bits per heavy atom. The highest BCUT2D eigenvalue weighted by Crippen LogP contribution is 2.27. The number of ether oxygens (including phenoxy) is 1. The number of nitrogens with zero attached hydrogens (tertiary/aromatic N) is 4. The summed E-state index contributed by atoms with van der Waals surface area (Å²) in [7, 11) is 0. The van der Waals surface area contributed by atoms with Crippen molar-refractivity contribution in [3.8, 4) is 0 Å². The van der Waals surface area contributed by atoms with Crippen LogP contribution in [0.2, 0.25) is 0 Å². The van der Waals surface area contributed by atoms with Crippen molar-refractivity contribution in [1.29, 1.82) is 0 Å². The predicted octanol–water partition coefficient (Wildman–Crippen LogP) is 1.38. The Balaban J connectivity index is 1.41. The average molecular weight is 355 g/mol. The normalized spacial score (nSPS) is 19.6. The summed E-state index contributed by atoms with van der Waals surface area (Å²) in [4.78, 5) is 28.7. The molecule has 2 aromatic rings. The molecular formula is C19H25N5O2. The predicted molar refractivity (Wildman–Crippen MR) is 99.4 cm³/mol. The van der Waals surface area contributed by atoms with Gasteiger partial charge in [-0.15, -0.1) is 0 Å². The Labute approximate surface area is 153 Å². The first-order chi connectivity index (χ1) is 12.8. The number of nitrogens with one attached hydrogen (secondary N) is 1. The summed E-state index contributed by atoms with van der Waals surface area (Å²) >= 11 is 0. The van der Waals surface area contributed by atoms with Crippen molar-refractivity contribution >= 4 is 5.95 Å². The van der Waals surface area contributed by atoms with Crippen LogP contribution in [0.25, 0.3) is 0 Å². The number of H-pyrrole nitrogens is 1. The monoisotopic (exact) mass is 355 g/mol. The van der Waals surface area contributed by atoms with Crippen LogP contribution in [0.5, 0.6) is 0 Å². The topological polar surface area (TPSA) is 74.3 Å². The van der Waals surface area contributed by atoms with Crippen molar-refractivity contribution in [3.63, 3.8) is 0 Å². The number of hydrogen-bond acceptors (Lipinski definition) is 6. The van der Waals surface area contributed by atoms with E-state index in [0.29, 0.717) is 25.1 Å². The summed E-state index contributed by atoms with van der Waals surface area (Å²) in [5.74, 6) is 1.03. The van der Waals surface area contributed by atoms with Gasteiger partial charge in [0, 0.05) is 37.8 Å². The number of hydrogen-bond donors (Lipinski definition) is 1. The van der Waals surface area contributed by atoms with Crippen LogP contribution in [0.15, 0.2) is 35.3 Å². The second-order valence-electron chi connectivity index (χ2n) is 6.96. The summed E-state index contributed by atoms with van der Waals surface area (Å²) < 4.78 is 5.39. The van der Waals surface area contributed by atoms with Crippen molar-refractivity contribution in [2.75, 3.05) is 44.3 Å². The zero-order chi connectivity index (χ0) is 17.8. The van der Waals surface area contributed by atoms with E-state index in [4.69, 9.17) is 9.72 Å². The highest BCUT2D eigenvalue weighted by Gasteiger charge is 2.23. The van der Waals surface area contributed by atoms with Gasteiger partial charge in [0.15, 0.2) is 0 Å². The molecule has 0 spiro atoms. The Bertz CT molecular complexity index is 765. The lowest BCUT2D eigenvalue weighted by Gasteiger charge is -2.32. The van der Waals surface area contributed by atoms with Crippen LogP contribution < -0.4 is 10.5 Å². The van der Waals surface area contributed by atoms with E-state index in [1.165, 1.54) is 0 Å². The van der Waals surface area contributed by atoms with E-state index in [1.54, 1.807) is 6.07 Å². The minimum absolute atomic E-state index is 0.0626. The lowest BCUT2D eigenvalue weighted by atomic mass is 9.93. The Morgan fingerprint density at radius 2 is 1.96 bits per heavy atom. The fourth-order valence-corrected chi connectivity index (χ4v) is 3.70. The number of piperidine rings is 1. The molecule has 0 amide bonds. The van der Waals surface area contributed by atoms with E-state index in [0.717, 1.165) is 57.0 Å². The number of pyridine rings is 1. The van der Waals surface area contributed by atoms with E-state index >= 15 is 0 Å². The van der Waals surface area contributed by atoms with Gasteiger partial charge in [0.2, 0.25) is 5.95 Å². The quantitative estimate of drug-likeness (QED) is 0.893. The molecule has 2 fully saturated rings. The maximum Gasteiger partial charge on any atom is 0.252 e. The lowest BCUT2D eigenvalue weighted by Crippen LogP contribution is -2.39. The number of morpholine rings is 1. The number of aromatic nitrogens is 3. The average Bonchev–Trinajstić information content (AvgIpc) is 2.70. The minimum Gasteiger partial charge on any atom is -0.378 e. The number of aromatic amines is 1. The standard InChI is InChI=1S/C19H25N5O2/c25-18-13-17(21-19(22-18)24-9-11-26-12-10-24)15-4-7-23(8-5-15)14-16-3-1-2-6-20-16/h1-3,6,13,15H,4-5,7-12,14H2,(H,21,22,25). The molecule has 0 saturated carbocycles. The van der Waals surface area contributed by atoms with E-state index in [1.807, 2.05) is 18.3 Å². The van der Waals surface area contributed by atoms with Crippen LogP contribution in [0.1, 0.15) is 30.1 Å². The number of anilines is 1. The van der Waals surface area contributed by atoms with E-state index in [2.05, 4.69) is 25.8 Å². The number of likely N-dealkylation sites (tertiary alicyclic amines) is 1. The van der Waals surface area contributed by atoms with Gasteiger partial charge >= 0.3 is 0 Å². The molecule has 4 rings (SSSR count). The molecule has 0 radical (unpaired) electrons. The van der Waals surface area contributed by atoms with Gasteiger partial charge in [-0.2, -0.15) is 0 Å². The number of rotatable bonds is 4. The van der Waals surface area contributed by atoms with Crippen molar-refractivity contribution < 1.29 is 4.74 Å². The van der Waals surface area contributed by atoms with Gasteiger partial charge in [0.05, 0.1) is 24.6 Å². The summed E-state index contributed by atoms with van der Waals surface area (Å²) in [5, 5.41) is 0. The second-order valence-corrected chi connectivity index (χ2v) is 6.96. The first-order valence-corrected chi connectivity index (χ1v) is 9.34. The molecule has 2 saturated heterocycles. The summed E-state index contributed by atoms with van der Waals surface area (Å²) in [6.07, 6.45) is 3.88. The molecular weight excluding hydrogens is 330 g/mol. The first kappa shape index (κ1) is 17.2. The van der Waals surface area contributed by atoms with Crippen molar-refractivity contribution in [2.45, 2.75) is 25.3 Å². The van der Waals surface area contributed by atoms with Crippen LogP contribution in [0.3, 0.4) is 0 Å². The fourth-order valence-electron chi connectivity index (χ4n) is 3.70. The second kappa shape index (κ2) is 7.97. The molecule has 4 heterocycles. The molecule has 0 atom stereocenters. The van der Waals surface area contributed by atoms with E-state index in [9.17, 15) is 4.79 Å². The van der Waals surface area contributed by atoms with Crippen LogP contribution in [0.4, 0.5) is 5.95 Å². The SMILES string of the molecule is O=c1cc(C2CCN(Cc3ccccn3)CC2)nc(N2CCOCC2)[nH]1. The van der Waals surface area contributed by atoms with Crippen molar-refractivity contribution in [1.82, 2.24) is 19.9 Å². The Morgan fingerprint density at radius 3 is 2.69 bits per heavy atom. The largest absolute Gasteiger partial charge is 0.378 e. The van der Waals surface area contributed by atoms with E-state index < -0.39 is 0 Å². The molecule has 2 aromatic heterocycles. The Hall–Kier alpha value is -2.25. The summed E-state index contributed by atoms with van der Waals surface area (Å²) in [6.45, 7) is 5.80. The van der Waals surface area contributed by atoms with Gasteiger partial charge in [-0.1, -0.05) is 6.07 Å². The van der Waals surface area contributed by atoms with Gasteiger partial charge < -0.3 is 9.64 Å². The first-order valence-electron chi connectivity index (χ1n) is 9.34. The van der Waals surface area contributed by atoms with Crippen LogP contribution in [-0.4, -0.2) is 59.2 Å². The lowest BCUT2D eigenvalue weighted by molar-refractivity contribution is 0.122. The van der Waals surface area contributed by atoms with Gasteiger partial charge in [0.25, 0.3) is 5.56 Å². The summed E-state index contributed by atoms with van der Waals surface area (Å²) in [6, 6.07) is 7.71. The molecule has 7 nitrogen and oxygen atoms in total. The molecule has 26 heavy (non-hydrogen) atoms. The van der Waals surface area contributed by atoms with Gasteiger partial charge in [-0.05, 0) is 38.1 Å². The molecule has 0 bridgehead atoms. The van der Waals surface area contributed by atoms with Gasteiger partial charge in [-0.3, -0.25) is 19.7 Å². The molecule has 7 heteroatoms. The van der Waals surface area contributed by atoms with Crippen LogP contribution in [-0.2, 0) is 11.3 Å². The minimum atomic E-state index is -0.0626. The molecule has 2 aliphatic heterocycles. The molecule has 138 valence electrons. The smallest absolute Gasteiger partial charge is 0.252 e. The molecule has 1 N–H and O–H groups in total.